The number of nitrogens with one attached hydrogen (secondary N) is 4. The normalized spacial score (nSPS) is 11.9. The van der Waals surface area contributed by atoms with Crippen LogP contribution in [0, 0.1) is 0 Å². The van der Waals surface area contributed by atoms with Gasteiger partial charge in [0.15, 0.2) is 0 Å². The molecule has 176 valence electrons. The summed E-state index contributed by atoms with van der Waals surface area (Å²) in [6.07, 6.45) is 6.68. The highest BCUT2D eigenvalue weighted by molar-refractivity contribution is 7.11. The van der Waals surface area contributed by atoms with Crippen LogP contribution in [0.25, 0.3) is 22.2 Å². The minimum Gasteiger partial charge on any atom is -0.359 e. The number of aromatic amines is 2. The fourth-order valence-corrected chi connectivity index (χ4v) is 4.29. The van der Waals surface area contributed by atoms with Crippen molar-refractivity contribution in [2.45, 2.75) is 38.1 Å². The van der Waals surface area contributed by atoms with Crippen molar-refractivity contribution >= 4 is 34.1 Å². The van der Waals surface area contributed by atoms with Gasteiger partial charge in [0.05, 0.1) is 35.2 Å². The summed E-state index contributed by atoms with van der Waals surface area (Å²) in [4.78, 5) is 51.9. The summed E-state index contributed by atoms with van der Waals surface area (Å²) >= 11 is 1.27. The fraction of sp³-hybridized carbons (Fsp3) is 0.292. The van der Waals surface area contributed by atoms with Crippen molar-refractivity contribution in [1.82, 2.24) is 30.6 Å². The van der Waals surface area contributed by atoms with E-state index in [0.717, 1.165) is 30.2 Å². The van der Waals surface area contributed by atoms with Crippen molar-refractivity contribution in [3.63, 3.8) is 0 Å². The molecule has 0 aliphatic carbocycles. The number of rotatable bonds is 10. The lowest BCUT2D eigenvalue weighted by Crippen LogP contribution is -2.28. The third-order valence-electron chi connectivity index (χ3n) is 5.61. The zero-order chi connectivity index (χ0) is 23.9. The van der Waals surface area contributed by atoms with Gasteiger partial charge in [-0.2, -0.15) is 0 Å². The molecule has 4 N–H and O–H groups in total. The molecule has 4 rings (SSSR count). The molecule has 0 aliphatic rings. The van der Waals surface area contributed by atoms with Gasteiger partial charge >= 0.3 is 0 Å². The number of unbranched alkanes of at least 4 members (excludes halogenated alkanes) is 2. The highest BCUT2D eigenvalue weighted by atomic mass is 32.1. The topological polar surface area (TPSA) is 133 Å². The number of carbonyl (C=O) groups is 2. The van der Waals surface area contributed by atoms with Crippen molar-refractivity contribution in [3.8, 4) is 11.3 Å². The number of para-hydroxylation sites is 1. The Morgan fingerprint density at radius 3 is 2.76 bits per heavy atom. The Balaban J connectivity index is 1.52. The van der Waals surface area contributed by atoms with Gasteiger partial charge < -0.3 is 20.6 Å². The molecule has 4 aromatic rings. The van der Waals surface area contributed by atoms with E-state index in [0.29, 0.717) is 34.8 Å². The monoisotopic (exact) mass is 478 g/mol. The number of carbonyl (C=O) groups excluding carboxylic acids is 2. The van der Waals surface area contributed by atoms with Gasteiger partial charge in [-0.1, -0.05) is 31.0 Å². The lowest BCUT2D eigenvalue weighted by atomic mass is 10.1. The molecule has 3 aromatic heterocycles. The molecular weight excluding hydrogens is 452 g/mol. The van der Waals surface area contributed by atoms with E-state index in [9.17, 15) is 14.4 Å². The number of hydrogen-bond acceptors (Lipinski definition) is 6. The second-order valence-electron chi connectivity index (χ2n) is 7.95. The summed E-state index contributed by atoms with van der Waals surface area (Å²) in [6, 6.07) is 9.03. The molecule has 0 aliphatic heterocycles. The van der Waals surface area contributed by atoms with E-state index in [-0.39, 0.29) is 23.4 Å². The van der Waals surface area contributed by atoms with Gasteiger partial charge in [0.1, 0.15) is 10.7 Å². The van der Waals surface area contributed by atoms with Gasteiger partial charge in [-0.3, -0.25) is 19.4 Å². The summed E-state index contributed by atoms with van der Waals surface area (Å²) in [5.74, 6) is 0.373. The van der Waals surface area contributed by atoms with Crippen LogP contribution in [-0.4, -0.2) is 38.8 Å². The molecule has 34 heavy (non-hydrogen) atoms. The summed E-state index contributed by atoms with van der Waals surface area (Å²) in [6.45, 7) is 0. The Morgan fingerprint density at radius 1 is 1.12 bits per heavy atom. The van der Waals surface area contributed by atoms with Gasteiger partial charge in [-0.15, -0.1) is 11.3 Å². The lowest BCUT2D eigenvalue weighted by molar-refractivity contribution is -0.120. The number of aromatic nitrogens is 4. The minimum atomic E-state index is -0.372. The zero-order valence-electron chi connectivity index (χ0n) is 18.8. The first-order valence-electron chi connectivity index (χ1n) is 11.1. The molecule has 0 unspecified atom stereocenters. The zero-order valence-corrected chi connectivity index (χ0v) is 19.6. The van der Waals surface area contributed by atoms with Crippen molar-refractivity contribution in [1.29, 1.82) is 0 Å². The Kier molecular flexibility index (Phi) is 7.48. The number of amides is 2. The van der Waals surface area contributed by atoms with Crippen LogP contribution in [0.4, 0.5) is 0 Å². The molecule has 0 saturated heterocycles. The second kappa shape index (κ2) is 10.9. The van der Waals surface area contributed by atoms with E-state index in [4.69, 9.17) is 0 Å². The van der Waals surface area contributed by atoms with Crippen LogP contribution < -0.4 is 16.2 Å². The standard InChI is InChI=1S/C24H26N6O3S/c1-25-21(31)10-4-2-3-9-18(30-24(33)20-13-26-14-34-20)22-27-12-19(28-22)16-11-15-7-5-6-8-17(15)29-23(16)32/h5-8,11-14,18H,2-4,9-10H2,1H3,(H,25,31)(H,27,28)(H,29,32)(H,30,33)/t18-/m0/s1. The van der Waals surface area contributed by atoms with Crippen molar-refractivity contribution in [2.24, 2.45) is 0 Å². The van der Waals surface area contributed by atoms with Gasteiger partial charge in [0.25, 0.3) is 11.5 Å². The molecule has 0 saturated carbocycles. The minimum absolute atomic E-state index is 0.0198. The first kappa shape index (κ1) is 23.4. The summed E-state index contributed by atoms with van der Waals surface area (Å²) in [5.41, 5.74) is 3.23. The Labute approximate surface area is 200 Å². The summed E-state index contributed by atoms with van der Waals surface area (Å²) in [5, 5.41) is 6.57. The highest BCUT2D eigenvalue weighted by Crippen LogP contribution is 2.23. The van der Waals surface area contributed by atoms with Crippen LogP contribution in [0.3, 0.4) is 0 Å². The Bertz CT molecular complexity index is 1330. The molecule has 0 fully saturated rings. The smallest absolute Gasteiger partial charge is 0.263 e. The molecular formula is C24H26N6O3S. The van der Waals surface area contributed by atoms with Gasteiger partial charge in [0.2, 0.25) is 5.91 Å². The summed E-state index contributed by atoms with van der Waals surface area (Å²) in [7, 11) is 1.63. The highest BCUT2D eigenvalue weighted by Gasteiger charge is 2.20. The number of imidazole rings is 1. The van der Waals surface area contributed by atoms with E-state index in [1.165, 1.54) is 17.5 Å². The predicted octanol–water partition coefficient (Wildman–Crippen LogP) is 3.54. The van der Waals surface area contributed by atoms with E-state index in [2.05, 4.69) is 30.6 Å². The van der Waals surface area contributed by atoms with Gasteiger partial charge in [-0.05, 0) is 30.4 Å². The lowest BCUT2D eigenvalue weighted by Gasteiger charge is -2.16. The van der Waals surface area contributed by atoms with Crippen molar-refractivity contribution < 1.29 is 9.59 Å². The first-order valence-corrected chi connectivity index (χ1v) is 12.0. The molecule has 0 radical (unpaired) electrons. The van der Waals surface area contributed by atoms with Crippen LogP contribution in [-0.2, 0) is 4.79 Å². The average molecular weight is 479 g/mol. The third-order valence-corrected chi connectivity index (χ3v) is 6.38. The molecule has 1 atom stereocenters. The molecule has 2 amide bonds. The van der Waals surface area contributed by atoms with Gasteiger partial charge in [-0.25, -0.2) is 4.98 Å². The van der Waals surface area contributed by atoms with Crippen LogP contribution in [0.2, 0.25) is 0 Å². The molecule has 10 heteroatoms. The molecule has 0 spiro atoms. The number of pyridine rings is 1. The molecule has 9 nitrogen and oxygen atoms in total. The van der Waals surface area contributed by atoms with Crippen LogP contribution in [0.1, 0.15) is 53.6 Å². The molecule has 1 aromatic carbocycles. The van der Waals surface area contributed by atoms with Crippen LogP contribution >= 0.6 is 11.3 Å². The van der Waals surface area contributed by atoms with Gasteiger partial charge in [0, 0.05) is 19.0 Å². The number of thiazole rings is 1. The number of H-pyrrole nitrogens is 2. The third kappa shape index (κ3) is 5.57. The number of hydrogen-bond donors (Lipinski definition) is 4. The maximum absolute atomic E-state index is 12.7. The second-order valence-corrected chi connectivity index (χ2v) is 8.83. The number of fused-ring (bicyclic) bond motifs is 1. The maximum Gasteiger partial charge on any atom is 0.263 e. The maximum atomic E-state index is 12.7. The number of nitrogens with zero attached hydrogens (tertiary/aromatic N) is 2. The fourth-order valence-electron chi connectivity index (χ4n) is 3.77. The Morgan fingerprint density at radius 2 is 1.97 bits per heavy atom. The van der Waals surface area contributed by atoms with Crippen LogP contribution in [0.5, 0.6) is 0 Å². The quantitative estimate of drug-likeness (QED) is 0.259. The van der Waals surface area contributed by atoms with Crippen molar-refractivity contribution in [3.05, 3.63) is 69.3 Å². The van der Waals surface area contributed by atoms with E-state index in [1.54, 1.807) is 18.8 Å². The predicted molar refractivity (Wildman–Crippen MR) is 132 cm³/mol. The molecule has 3 heterocycles. The first-order chi connectivity index (χ1) is 16.5. The summed E-state index contributed by atoms with van der Waals surface area (Å²) < 4.78 is 0. The van der Waals surface area contributed by atoms with E-state index < -0.39 is 0 Å². The largest absolute Gasteiger partial charge is 0.359 e. The van der Waals surface area contributed by atoms with Crippen molar-refractivity contribution in [2.75, 3.05) is 7.05 Å². The van der Waals surface area contributed by atoms with Crippen LogP contribution in [0.15, 0.2) is 53.0 Å². The number of benzene rings is 1. The van der Waals surface area contributed by atoms with E-state index in [1.807, 2.05) is 30.3 Å². The SMILES string of the molecule is CNC(=O)CCCCC[C@H](NC(=O)c1cncs1)c1ncc(-c2cc3ccccc3[nH]c2=O)[nH]1. The average Bonchev–Trinajstić information content (AvgIpc) is 3.55. The van der Waals surface area contributed by atoms with E-state index >= 15 is 0 Å². The molecule has 0 bridgehead atoms. The Hall–Kier alpha value is -3.79.